The van der Waals surface area contributed by atoms with Gasteiger partial charge in [-0.2, -0.15) is 0 Å². The molecule has 0 saturated heterocycles. The first-order valence-electron chi connectivity index (χ1n) is 18.3. The second-order valence-electron chi connectivity index (χ2n) is 12.0. The lowest BCUT2D eigenvalue weighted by atomic mass is 9.83. The molecule has 0 radical (unpaired) electrons. The van der Waals surface area contributed by atoms with Gasteiger partial charge in [-0.3, -0.25) is 0 Å². The zero-order valence-corrected chi connectivity index (χ0v) is 25.2. The quantitative estimate of drug-likeness (QED) is 0.184. The first kappa shape index (κ1) is 21.5. The molecule has 0 saturated carbocycles. The number of rotatable bonds is 3. The molecule has 0 aliphatic carbocycles. The molecule has 218 valence electrons. The molecule has 0 amide bonds. The zero-order valence-electron chi connectivity index (χ0n) is 30.2. The van der Waals surface area contributed by atoms with Gasteiger partial charge < -0.3 is 4.42 Å². The number of fused-ring (bicyclic) bond motifs is 8. The van der Waals surface area contributed by atoms with E-state index in [1.54, 1.807) is 0 Å². The van der Waals surface area contributed by atoms with Crippen molar-refractivity contribution < 1.29 is 11.3 Å². The second-order valence-corrected chi connectivity index (χ2v) is 12.0. The molecule has 1 heterocycles. The van der Waals surface area contributed by atoms with Crippen LogP contribution in [0.3, 0.4) is 0 Å². The second kappa shape index (κ2) is 10.2. The molecule has 0 N–H and O–H groups in total. The van der Waals surface area contributed by atoms with Gasteiger partial charge in [0.2, 0.25) is 0 Å². The minimum Gasteiger partial charge on any atom is -0.456 e. The van der Waals surface area contributed by atoms with Crippen molar-refractivity contribution in [1.29, 1.82) is 0 Å². The molecular formula is C46H28O. The molecular weight excluding hydrogens is 569 g/mol. The Morgan fingerprint density at radius 2 is 0.979 bits per heavy atom. The van der Waals surface area contributed by atoms with Crippen LogP contribution in [0, 0.1) is 0 Å². The summed E-state index contributed by atoms with van der Waals surface area (Å²) in [5, 5.41) is 10.2. The molecule has 9 aromatic carbocycles. The molecule has 1 nitrogen and oxygen atoms in total. The van der Waals surface area contributed by atoms with E-state index in [0.29, 0.717) is 5.56 Å². The molecule has 10 aromatic rings. The van der Waals surface area contributed by atoms with E-state index < -0.39 is 6.04 Å². The third-order valence-electron chi connectivity index (χ3n) is 9.51. The van der Waals surface area contributed by atoms with Gasteiger partial charge in [-0.25, -0.2) is 0 Å². The van der Waals surface area contributed by atoms with Gasteiger partial charge in [0.25, 0.3) is 0 Å². The predicted octanol–water partition coefficient (Wildman–Crippen LogP) is 13.2. The third kappa shape index (κ3) is 3.90. The summed E-state index contributed by atoms with van der Waals surface area (Å²) in [6.45, 7) is 0. The van der Waals surface area contributed by atoms with Crippen LogP contribution >= 0.6 is 0 Å². The first-order chi connectivity index (χ1) is 25.4. The topological polar surface area (TPSA) is 13.1 Å². The van der Waals surface area contributed by atoms with Crippen molar-refractivity contribution in [3.8, 4) is 33.4 Å². The Morgan fingerprint density at radius 3 is 1.70 bits per heavy atom. The van der Waals surface area contributed by atoms with Gasteiger partial charge in [-0.15, -0.1) is 0 Å². The Hall–Kier alpha value is -6.18. The van der Waals surface area contributed by atoms with Crippen LogP contribution in [-0.2, 0) is 0 Å². The highest BCUT2D eigenvalue weighted by Gasteiger charge is 2.20. The Bertz CT molecular complexity index is 3050. The maximum atomic E-state index is 8.95. The van der Waals surface area contributed by atoms with Crippen molar-refractivity contribution in [2.24, 2.45) is 0 Å². The molecule has 0 aliphatic rings. The average Bonchev–Trinajstić information content (AvgIpc) is 3.58. The molecule has 0 bridgehead atoms. The molecule has 10 rings (SSSR count). The van der Waals surface area contributed by atoms with Gasteiger partial charge in [0.15, 0.2) is 0 Å². The maximum absolute atomic E-state index is 8.95. The van der Waals surface area contributed by atoms with Crippen molar-refractivity contribution in [1.82, 2.24) is 0 Å². The van der Waals surface area contributed by atoms with E-state index in [2.05, 4.69) is 97.1 Å². The molecule has 0 aliphatic heterocycles. The van der Waals surface area contributed by atoms with Crippen LogP contribution in [0.25, 0.3) is 98.4 Å². The highest BCUT2D eigenvalue weighted by molar-refractivity contribution is 6.25. The van der Waals surface area contributed by atoms with Crippen molar-refractivity contribution in [2.75, 3.05) is 0 Å². The Kier molecular flexibility index (Phi) is 4.66. The monoisotopic (exact) mass is 601 g/mol. The lowest BCUT2D eigenvalue weighted by Gasteiger charge is -2.19. The zero-order chi connectivity index (χ0) is 35.2. The van der Waals surface area contributed by atoms with Crippen molar-refractivity contribution in [2.45, 2.75) is 0 Å². The summed E-state index contributed by atoms with van der Waals surface area (Å²) >= 11 is 0. The van der Waals surface area contributed by atoms with E-state index in [1.165, 1.54) is 0 Å². The van der Waals surface area contributed by atoms with Gasteiger partial charge in [-0.05, 0) is 101 Å². The molecule has 1 aromatic heterocycles. The van der Waals surface area contributed by atoms with Gasteiger partial charge >= 0.3 is 0 Å². The van der Waals surface area contributed by atoms with Crippen LogP contribution in [0.4, 0.5) is 0 Å². The SMILES string of the molecule is [2H]c1c([2H])c([2H])c(-c2c3ccccc3c(-c3cc(-c4cccc5oc6ccc7ccccc7c6c45)cc4ccccc34)c3ccccc23)c([2H])c1[2H]. The molecule has 0 unspecified atom stereocenters. The van der Waals surface area contributed by atoms with Crippen LogP contribution in [0.2, 0.25) is 0 Å². The molecule has 47 heavy (non-hydrogen) atoms. The lowest BCUT2D eigenvalue weighted by Crippen LogP contribution is -1.92. The Balaban J connectivity index is 1.34. The Labute approximate surface area is 279 Å². The van der Waals surface area contributed by atoms with E-state index >= 15 is 0 Å². The summed E-state index contributed by atoms with van der Waals surface area (Å²) in [4.78, 5) is 0. The van der Waals surface area contributed by atoms with Crippen LogP contribution < -0.4 is 0 Å². The predicted molar refractivity (Wildman–Crippen MR) is 200 cm³/mol. The van der Waals surface area contributed by atoms with Crippen LogP contribution in [0.15, 0.2) is 174 Å². The summed E-state index contributed by atoms with van der Waals surface area (Å²) in [6, 6.07) is 46.3. The first-order valence-corrected chi connectivity index (χ1v) is 15.8. The fourth-order valence-electron chi connectivity index (χ4n) is 7.56. The van der Waals surface area contributed by atoms with Gasteiger partial charge in [0.05, 0.1) is 6.85 Å². The van der Waals surface area contributed by atoms with Gasteiger partial charge in [-0.1, -0.05) is 145 Å². The summed E-state index contributed by atoms with van der Waals surface area (Å²) in [6.07, 6.45) is 0. The molecule has 0 spiro atoms. The molecule has 1 heteroatoms. The van der Waals surface area contributed by atoms with E-state index in [0.717, 1.165) is 87.3 Å². The number of hydrogen-bond acceptors (Lipinski definition) is 1. The molecule has 0 fully saturated rings. The lowest BCUT2D eigenvalue weighted by molar-refractivity contribution is 0.669. The maximum Gasteiger partial charge on any atom is 0.136 e. The van der Waals surface area contributed by atoms with Gasteiger partial charge in [0, 0.05) is 10.8 Å². The van der Waals surface area contributed by atoms with Crippen LogP contribution in [-0.4, -0.2) is 0 Å². The highest BCUT2D eigenvalue weighted by atomic mass is 16.3. The minimum atomic E-state index is -0.402. The molecule has 0 atom stereocenters. The summed E-state index contributed by atoms with van der Waals surface area (Å²) < 4.78 is 49.6. The van der Waals surface area contributed by atoms with Gasteiger partial charge in [0.1, 0.15) is 11.2 Å². The summed E-state index contributed by atoms with van der Waals surface area (Å²) in [5.41, 5.74) is 6.71. The van der Waals surface area contributed by atoms with E-state index in [1.807, 2.05) is 42.5 Å². The average molecular weight is 602 g/mol. The normalized spacial score (nSPS) is 13.3. The number of benzene rings is 9. The fraction of sp³-hybridized carbons (Fsp3) is 0. The highest BCUT2D eigenvalue weighted by Crippen LogP contribution is 2.47. The third-order valence-corrected chi connectivity index (χ3v) is 9.51. The number of hydrogen-bond donors (Lipinski definition) is 0. The van der Waals surface area contributed by atoms with Crippen molar-refractivity contribution in [3.05, 3.63) is 170 Å². The largest absolute Gasteiger partial charge is 0.456 e. The number of furan rings is 1. The van der Waals surface area contributed by atoms with Crippen LogP contribution in [0.5, 0.6) is 0 Å². The van der Waals surface area contributed by atoms with Crippen molar-refractivity contribution >= 4 is 65.0 Å². The van der Waals surface area contributed by atoms with E-state index in [-0.39, 0.29) is 29.7 Å². The fourth-order valence-corrected chi connectivity index (χ4v) is 7.56. The van der Waals surface area contributed by atoms with Crippen LogP contribution in [0.1, 0.15) is 6.85 Å². The standard InChI is InChI=1S/C46H28O/c1-2-14-30(15-3-1)43-36-19-8-10-21-38(36)44(39-22-11-9-20-37(39)43)40-28-32(27-31-16-5-6-17-33(31)40)35-23-12-24-41-46(35)45-34-18-7-4-13-29(34)25-26-42(45)47-41/h1-28H/i1D,2D,3D,14D,15D. The van der Waals surface area contributed by atoms with Crippen molar-refractivity contribution in [3.63, 3.8) is 0 Å². The smallest absolute Gasteiger partial charge is 0.136 e. The summed E-state index contributed by atoms with van der Waals surface area (Å²) in [7, 11) is 0. The Morgan fingerprint density at radius 1 is 0.383 bits per heavy atom. The summed E-state index contributed by atoms with van der Waals surface area (Å²) in [5.74, 6) is 0. The van der Waals surface area contributed by atoms with E-state index in [4.69, 9.17) is 11.3 Å². The van der Waals surface area contributed by atoms with E-state index in [9.17, 15) is 0 Å². The minimum absolute atomic E-state index is 0.203.